The third-order valence-electron chi connectivity index (χ3n) is 1.43. The molecule has 0 aliphatic heterocycles. The minimum atomic E-state index is -0.750. The van der Waals surface area contributed by atoms with Crippen LogP contribution in [0.2, 0.25) is 0 Å². The van der Waals surface area contributed by atoms with Crippen LogP contribution in [0, 0.1) is 0 Å². The maximum absolute atomic E-state index is 11.1. The van der Waals surface area contributed by atoms with Crippen molar-refractivity contribution in [2.75, 3.05) is 7.05 Å². The molecule has 1 rings (SSSR count). The second kappa shape index (κ2) is 3.66. The van der Waals surface area contributed by atoms with Gasteiger partial charge in [-0.05, 0) is 11.4 Å². The molecule has 12 heavy (non-hydrogen) atoms. The summed E-state index contributed by atoms with van der Waals surface area (Å²) in [5.74, 6) is -0.502. The Morgan fingerprint density at radius 2 is 2.50 bits per heavy atom. The molecule has 66 valence electrons. The molecule has 1 amide bonds. The molecule has 1 aromatic rings. The Hall–Kier alpha value is -0.910. The van der Waals surface area contributed by atoms with E-state index in [4.69, 9.17) is 10.9 Å². The van der Waals surface area contributed by atoms with Crippen LogP contribution < -0.4 is 5.73 Å². The van der Waals surface area contributed by atoms with Gasteiger partial charge in [0.05, 0.1) is 0 Å². The van der Waals surface area contributed by atoms with Crippen molar-refractivity contribution in [3.05, 3.63) is 22.4 Å². The maximum atomic E-state index is 11.1. The molecule has 0 radical (unpaired) electrons. The number of amides is 1. The lowest BCUT2D eigenvalue weighted by Gasteiger charge is -2.13. The summed E-state index contributed by atoms with van der Waals surface area (Å²) in [5.41, 5.74) is 5.54. The molecule has 1 atom stereocenters. The number of nitrogens with two attached hydrogens (primary N) is 1. The van der Waals surface area contributed by atoms with Crippen molar-refractivity contribution in [1.29, 1.82) is 0 Å². The number of hydrogen-bond donors (Lipinski definition) is 2. The number of likely N-dealkylation sites (N-methyl/N-ethyl adjacent to an activating group) is 1. The molecule has 0 aliphatic carbocycles. The van der Waals surface area contributed by atoms with E-state index in [0.717, 1.165) is 4.88 Å². The van der Waals surface area contributed by atoms with Gasteiger partial charge in [0.2, 0.25) is 0 Å². The van der Waals surface area contributed by atoms with Gasteiger partial charge in [-0.3, -0.25) is 10.0 Å². The lowest BCUT2D eigenvalue weighted by atomic mass is 10.2. The maximum Gasteiger partial charge on any atom is 0.267 e. The molecular weight excluding hydrogens is 176 g/mol. The van der Waals surface area contributed by atoms with Gasteiger partial charge < -0.3 is 5.73 Å². The molecule has 1 heterocycles. The summed E-state index contributed by atoms with van der Waals surface area (Å²) >= 11 is 1.39. The van der Waals surface area contributed by atoms with Gasteiger partial charge in [0.25, 0.3) is 5.91 Å². The molecule has 1 aromatic heterocycles. The summed E-state index contributed by atoms with van der Waals surface area (Å²) in [5, 5.41) is 11.1. The first-order chi connectivity index (χ1) is 5.63. The Balaban J connectivity index is 2.72. The van der Waals surface area contributed by atoms with Crippen molar-refractivity contribution in [1.82, 2.24) is 5.06 Å². The fraction of sp³-hybridized carbons (Fsp3) is 0.286. The minimum absolute atomic E-state index is 0.502. The summed E-state index contributed by atoms with van der Waals surface area (Å²) in [7, 11) is 1.26. The van der Waals surface area contributed by atoms with E-state index in [1.54, 1.807) is 6.07 Å². The lowest BCUT2D eigenvalue weighted by Crippen LogP contribution is -2.32. The quantitative estimate of drug-likeness (QED) is 0.525. The first-order valence-corrected chi connectivity index (χ1v) is 4.26. The SMILES string of the molecule is CN(O)C(=O)C(N)c1cccs1. The van der Waals surface area contributed by atoms with Gasteiger partial charge in [0.1, 0.15) is 6.04 Å². The Kier molecular flexibility index (Phi) is 2.80. The fourth-order valence-corrected chi connectivity index (χ4v) is 1.51. The molecule has 5 heteroatoms. The molecule has 0 aromatic carbocycles. The predicted molar refractivity (Wildman–Crippen MR) is 45.8 cm³/mol. The molecule has 3 N–H and O–H groups in total. The van der Waals surface area contributed by atoms with E-state index in [0.29, 0.717) is 5.06 Å². The predicted octanol–water partition coefficient (Wildman–Crippen LogP) is 0.595. The van der Waals surface area contributed by atoms with Crippen LogP contribution >= 0.6 is 11.3 Å². The first kappa shape index (κ1) is 9.18. The van der Waals surface area contributed by atoms with E-state index in [9.17, 15) is 4.79 Å². The number of nitrogens with zero attached hydrogens (tertiary/aromatic N) is 1. The van der Waals surface area contributed by atoms with E-state index in [1.165, 1.54) is 18.4 Å². The van der Waals surface area contributed by atoms with E-state index in [1.807, 2.05) is 11.4 Å². The zero-order chi connectivity index (χ0) is 9.14. The Morgan fingerprint density at radius 3 is 2.92 bits per heavy atom. The molecule has 0 bridgehead atoms. The smallest absolute Gasteiger partial charge is 0.267 e. The summed E-state index contributed by atoms with van der Waals surface area (Å²) in [6, 6.07) is 2.82. The first-order valence-electron chi connectivity index (χ1n) is 3.38. The zero-order valence-corrected chi connectivity index (χ0v) is 7.41. The lowest BCUT2D eigenvalue weighted by molar-refractivity contribution is -0.160. The Morgan fingerprint density at radius 1 is 1.83 bits per heavy atom. The van der Waals surface area contributed by atoms with Crippen molar-refractivity contribution in [3.63, 3.8) is 0 Å². The number of thiophene rings is 1. The number of carbonyl (C=O) groups excluding carboxylic acids is 1. The van der Waals surface area contributed by atoms with Gasteiger partial charge in [-0.1, -0.05) is 6.07 Å². The molecule has 4 nitrogen and oxygen atoms in total. The molecule has 0 fully saturated rings. The van der Waals surface area contributed by atoms with Crippen molar-refractivity contribution < 1.29 is 10.0 Å². The van der Waals surface area contributed by atoms with Crippen molar-refractivity contribution in [2.45, 2.75) is 6.04 Å². The normalized spacial score (nSPS) is 12.6. The average molecular weight is 186 g/mol. The highest BCUT2D eigenvalue weighted by Gasteiger charge is 2.19. The third kappa shape index (κ3) is 1.82. The van der Waals surface area contributed by atoms with Crippen LogP contribution in [-0.4, -0.2) is 23.2 Å². The number of rotatable bonds is 2. The highest BCUT2D eigenvalue weighted by Crippen LogP contribution is 2.17. The fourth-order valence-electron chi connectivity index (χ4n) is 0.791. The highest BCUT2D eigenvalue weighted by atomic mass is 32.1. The summed E-state index contributed by atoms with van der Waals surface area (Å²) < 4.78 is 0. The molecule has 0 spiro atoms. The van der Waals surface area contributed by atoms with Crippen LogP contribution in [0.15, 0.2) is 17.5 Å². The molecule has 0 saturated carbocycles. The third-order valence-corrected chi connectivity index (χ3v) is 2.39. The van der Waals surface area contributed by atoms with E-state index in [2.05, 4.69) is 0 Å². The molecular formula is C7H10N2O2S. The Labute approximate surface area is 74.2 Å². The molecule has 1 unspecified atom stereocenters. The second-order valence-electron chi connectivity index (χ2n) is 2.35. The molecule has 0 saturated heterocycles. The van der Waals surface area contributed by atoms with Gasteiger partial charge in [0.15, 0.2) is 0 Å². The standard InChI is InChI=1S/C7H10N2O2S/c1-9(11)7(10)6(8)5-3-2-4-12-5/h2-4,6,11H,8H2,1H3. The van der Waals surface area contributed by atoms with Crippen LogP contribution in [-0.2, 0) is 4.79 Å². The number of hydroxylamine groups is 2. The van der Waals surface area contributed by atoms with Gasteiger partial charge in [-0.2, -0.15) is 0 Å². The van der Waals surface area contributed by atoms with Crippen molar-refractivity contribution in [3.8, 4) is 0 Å². The summed E-state index contributed by atoms with van der Waals surface area (Å²) in [6.45, 7) is 0. The van der Waals surface area contributed by atoms with E-state index < -0.39 is 11.9 Å². The van der Waals surface area contributed by atoms with Crippen LogP contribution in [0.5, 0.6) is 0 Å². The average Bonchev–Trinajstić information content (AvgIpc) is 2.53. The molecule has 0 aliphatic rings. The highest BCUT2D eigenvalue weighted by molar-refractivity contribution is 7.10. The monoisotopic (exact) mass is 186 g/mol. The largest absolute Gasteiger partial charge is 0.315 e. The second-order valence-corrected chi connectivity index (χ2v) is 3.33. The van der Waals surface area contributed by atoms with Crippen LogP contribution in [0.4, 0.5) is 0 Å². The minimum Gasteiger partial charge on any atom is -0.315 e. The van der Waals surface area contributed by atoms with Crippen molar-refractivity contribution >= 4 is 17.2 Å². The number of carbonyl (C=O) groups is 1. The van der Waals surface area contributed by atoms with Gasteiger partial charge in [-0.25, -0.2) is 5.06 Å². The number of hydrogen-bond acceptors (Lipinski definition) is 4. The topological polar surface area (TPSA) is 66.6 Å². The zero-order valence-electron chi connectivity index (χ0n) is 6.60. The van der Waals surface area contributed by atoms with Gasteiger partial charge in [0, 0.05) is 11.9 Å². The van der Waals surface area contributed by atoms with E-state index in [-0.39, 0.29) is 0 Å². The van der Waals surface area contributed by atoms with Crippen LogP contribution in [0.1, 0.15) is 10.9 Å². The van der Waals surface area contributed by atoms with Gasteiger partial charge >= 0.3 is 0 Å². The van der Waals surface area contributed by atoms with E-state index >= 15 is 0 Å². The van der Waals surface area contributed by atoms with Gasteiger partial charge in [-0.15, -0.1) is 11.3 Å². The van der Waals surface area contributed by atoms with Crippen LogP contribution in [0.25, 0.3) is 0 Å². The summed E-state index contributed by atoms with van der Waals surface area (Å²) in [6.07, 6.45) is 0. The van der Waals surface area contributed by atoms with Crippen molar-refractivity contribution in [2.24, 2.45) is 5.73 Å². The Bertz CT molecular complexity index is 258. The van der Waals surface area contributed by atoms with Crippen LogP contribution in [0.3, 0.4) is 0 Å². The summed E-state index contributed by atoms with van der Waals surface area (Å²) in [4.78, 5) is 11.8.